The standard InChI is InChI=1S/C32H50O8S/c1-17(2)18(3)10-11-19(4)22-13-14-23-21-12-15-25-30(6,7)28(40-41(36,37)38)24(34)16-31(25,8)26(21)27(35)29(32(22,23)9)39-20(5)33/h14,17,19,22,24-25,27-29,34-35H,3,10-13,15-16H2,1-2,4-9H3,(H,36,37,38)/t19-,22-,24-,25?,27-,28+,29+,31+,32-/m1/s1. The fraction of sp³-hybridized carbons (Fsp3) is 0.781. The van der Waals surface area contributed by atoms with Crippen LogP contribution in [-0.4, -0.2) is 53.6 Å². The molecule has 0 radical (unpaired) electrons. The Kier molecular flexibility index (Phi) is 8.60. The van der Waals surface area contributed by atoms with Gasteiger partial charge in [0.1, 0.15) is 18.3 Å². The SMILES string of the molecule is C=C(CC[C@@H](C)[C@H]1CC=C2C3=C([C@@H](O)[C@H](OC(C)=O)[C@@]21C)[C@@]1(C)C[C@@H](O)[C@H](OS(=O)(=O)O)C(C)(C)C1CC3)C(C)C. The molecular weight excluding hydrogens is 544 g/mol. The Labute approximate surface area is 246 Å². The second-order valence-corrected chi connectivity index (χ2v) is 15.5. The zero-order valence-corrected chi connectivity index (χ0v) is 26.8. The van der Waals surface area contributed by atoms with Crippen molar-refractivity contribution in [2.24, 2.45) is 39.9 Å². The largest absolute Gasteiger partial charge is 0.458 e. The smallest absolute Gasteiger partial charge is 0.397 e. The molecule has 1 fully saturated rings. The highest BCUT2D eigenvalue weighted by molar-refractivity contribution is 7.80. The molecule has 4 aliphatic rings. The van der Waals surface area contributed by atoms with Gasteiger partial charge in [-0.2, -0.15) is 8.42 Å². The Bertz CT molecular complexity index is 1250. The van der Waals surface area contributed by atoms with E-state index >= 15 is 0 Å². The molecule has 4 rings (SSSR count). The fourth-order valence-corrected chi connectivity index (χ4v) is 10.0. The van der Waals surface area contributed by atoms with Crippen molar-refractivity contribution in [1.29, 1.82) is 0 Å². The molecule has 0 amide bonds. The van der Waals surface area contributed by atoms with Gasteiger partial charge in [0.2, 0.25) is 0 Å². The van der Waals surface area contributed by atoms with Gasteiger partial charge >= 0.3 is 16.4 Å². The second kappa shape index (κ2) is 10.9. The zero-order chi connectivity index (χ0) is 30.9. The molecule has 0 saturated heterocycles. The maximum Gasteiger partial charge on any atom is 0.397 e. The molecule has 3 N–H and O–H groups in total. The molecule has 1 saturated carbocycles. The predicted molar refractivity (Wildman–Crippen MR) is 157 cm³/mol. The lowest BCUT2D eigenvalue weighted by atomic mass is 9.45. The van der Waals surface area contributed by atoms with Gasteiger partial charge in [-0.15, -0.1) is 0 Å². The van der Waals surface area contributed by atoms with Gasteiger partial charge in [0.15, 0.2) is 0 Å². The van der Waals surface area contributed by atoms with E-state index in [1.807, 2.05) is 20.8 Å². The summed E-state index contributed by atoms with van der Waals surface area (Å²) in [5.41, 5.74) is 2.08. The predicted octanol–water partition coefficient (Wildman–Crippen LogP) is 5.57. The minimum absolute atomic E-state index is 0.144. The Morgan fingerprint density at radius 1 is 1.15 bits per heavy atom. The summed E-state index contributed by atoms with van der Waals surface area (Å²) >= 11 is 0. The van der Waals surface area contributed by atoms with Crippen LogP contribution in [0.15, 0.2) is 34.9 Å². The highest BCUT2D eigenvalue weighted by Crippen LogP contribution is 2.67. The minimum Gasteiger partial charge on any atom is -0.458 e. The number of allylic oxidation sites excluding steroid dienone is 3. The summed E-state index contributed by atoms with van der Waals surface area (Å²) in [6.45, 7) is 20.0. The highest BCUT2D eigenvalue weighted by atomic mass is 32.3. The molecule has 232 valence electrons. The van der Waals surface area contributed by atoms with Crippen LogP contribution < -0.4 is 0 Å². The third-order valence-corrected chi connectivity index (χ3v) is 11.8. The molecule has 0 aromatic rings. The number of hydrogen-bond donors (Lipinski definition) is 3. The van der Waals surface area contributed by atoms with Gasteiger partial charge in [-0.05, 0) is 89.7 Å². The summed E-state index contributed by atoms with van der Waals surface area (Å²) in [4.78, 5) is 12.5. The van der Waals surface area contributed by atoms with E-state index in [1.54, 1.807) is 0 Å². The maximum absolute atomic E-state index is 12.5. The molecule has 9 heteroatoms. The molecule has 0 heterocycles. The number of hydrogen-bond acceptors (Lipinski definition) is 7. The van der Waals surface area contributed by atoms with Gasteiger partial charge in [-0.1, -0.05) is 66.7 Å². The molecule has 0 spiro atoms. The maximum atomic E-state index is 12.5. The van der Waals surface area contributed by atoms with Crippen molar-refractivity contribution in [3.63, 3.8) is 0 Å². The lowest BCUT2D eigenvalue weighted by Gasteiger charge is -2.62. The number of fused-ring (bicyclic) bond motifs is 4. The van der Waals surface area contributed by atoms with E-state index in [2.05, 4.69) is 40.3 Å². The van der Waals surface area contributed by atoms with Crippen LogP contribution in [0.4, 0.5) is 0 Å². The van der Waals surface area contributed by atoms with Gasteiger partial charge in [-0.3, -0.25) is 9.35 Å². The number of carbonyl (C=O) groups excluding carboxylic acids is 1. The van der Waals surface area contributed by atoms with E-state index < -0.39 is 57.0 Å². The number of esters is 1. The number of ether oxygens (including phenoxy) is 1. The second-order valence-electron chi connectivity index (χ2n) is 14.5. The highest BCUT2D eigenvalue weighted by Gasteiger charge is 2.65. The molecule has 1 unspecified atom stereocenters. The quantitative estimate of drug-likeness (QED) is 0.189. The van der Waals surface area contributed by atoms with Crippen LogP contribution >= 0.6 is 0 Å². The van der Waals surface area contributed by atoms with Crippen LogP contribution in [0, 0.1) is 39.9 Å². The molecule has 0 aliphatic heterocycles. The molecular formula is C32H50O8S. The monoisotopic (exact) mass is 594 g/mol. The molecule has 0 aromatic carbocycles. The first-order chi connectivity index (χ1) is 18.8. The summed E-state index contributed by atoms with van der Waals surface area (Å²) in [6.07, 6.45) is 2.28. The summed E-state index contributed by atoms with van der Waals surface area (Å²) in [7, 11) is -4.78. The molecule has 9 atom stereocenters. The van der Waals surface area contributed by atoms with E-state index in [1.165, 1.54) is 12.5 Å². The summed E-state index contributed by atoms with van der Waals surface area (Å²) in [5.74, 6) is 0.267. The van der Waals surface area contributed by atoms with Crippen molar-refractivity contribution < 1.29 is 36.9 Å². The van der Waals surface area contributed by atoms with Gasteiger partial charge in [0.05, 0.1) is 6.10 Å². The van der Waals surface area contributed by atoms with Crippen molar-refractivity contribution in [2.75, 3.05) is 0 Å². The van der Waals surface area contributed by atoms with Gasteiger partial charge < -0.3 is 14.9 Å². The fourth-order valence-electron chi connectivity index (χ4n) is 9.36. The van der Waals surface area contributed by atoms with E-state index in [0.717, 1.165) is 36.0 Å². The number of carbonyl (C=O) groups is 1. The van der Waals surface area contributed by atoms with Crippen molar-refractivity contribution in [2.45, 2.75) is 118 Å². The minimum atomic E-state index is -4.78. The first-order valence-corrected chi connectivity index (χ1v) is 16.4. The Balaban J connectivity index is 1.78. The Morgan fingerprint density at radius 3 is 2.34 bits per heavy atom. The molecule has 41 heavy (non-hydrogen) atoms. The van der Waals surface area contributed by atoms with E-state index in [-0.39, 0.29) is 18.3 Å². The first kappa shape index (κ1) is 32.4. The van der Waals surface area contributed by atoms with Gasteiger partial charge in [0.25, 0.3) is 0 Å². The van der Waals surface area contributed by atoms with Crippen molar-refractivity contribution in [1.82, 2.24) is 0 Å². The summed E-state index contributed by atoms with van der Waals surface area (Å²) in [5, 5.41) is 23.4. The first-order valence-electron chi connectivity index (χ1n) is 15.1. The topological polar surface area (TPSA) is 130 Å². The average molecular weight is 595 g/mol. The summed E-state index contributed by atoms with van der Waals surface area (Å²) in [6, 6.07) is 0. The average Bonchev–Trinajstić information content (AvgIpc) is 3.19. The normalized spacial score (nSPS) is 39.0. The molecule has 0 aromatic heterocycles. The lowest BCUT2D eigenvalue weighted by Crippen LogP contribution is -2.63. The van der Waals surface area contributed by atoms with Crippen LogP contribution in [-0.2, 0) is 24.1 Å². The third kappa shape index (κ3) is 5.39. The van der Waals surface area contributed by atoms with E-state index in [0.29, 0.717) is 24.7 Å². The lowest BCUT2D eigenvalue weighted by molar-refractivity contribution is -0.173. The van der Waals surface area contributed by atoms with Crippen LogP contribution in [0.5, 0.6) is 0 Å². The van der Waals surface area contributed by atoms with Crippen molar-refractivity contribution in [3.05, 3.63) is 34.9 Å². The van der Waals surface area contributed by atoms with Gasteiger partial charge in [0, 0.05) is 12.3 Å². The molecule has 4 aliphatic carbocycles. The van der Waals surface area contributed by atoms with Crippen LogP contribution in [0.1, 0.15) is 93.9 Å². The zero-order valence-electron chi connectivity index (χ0n) is 25.9. The third-order valence-electron chi connectivity index (χ3n) is 11.4. The number of aliphatic hydroxyl groups excluding tert-OH is 2. The van der Waals surface area contributed by atoms with Crippen molar-refractivity contribution >= 4 is 16.4 Å². The van der Waals surface area contributed by atoms with Crippen LogP contribution in [0.25, 0.3) is 0 Å². The van der Waals surface area contributed by atoms with E-state index in [4.69, 9.17) is 8.92 Å². The van der Waals surface area contributed by atoms with Crippen LogP contribution in [0.3, 0.4) is 0 Å². The number of aliphatic hydroxyl groups is 2. The van der Waals surface area contributed by atoms with Gasteiger partial charge in [-0.25, -0.2) is 4.18 Å². The molecule has 0 bridgehead atoms. The van der Waals surface area contributed by atoms with Crippen LogP contribution in [0.2, 0.25) is 0 Å². The Morgan fingerprint density at radius 2 is 1.78 bits per heavy atom. The Hall–Kier alpha value is -1.52. The van der Waals surface area contributed by atoms with E-state index in [9.17, 15) is 28.0 Å². The molecule has 8 nitrogen and oxygen atoms in total. The van der Waals surface area contributed by atoms with Crippen molar-refractivity contribution in [3.8, 4) is 0 Å². The number of rotatable bonds is 8. The summed E-state index contributed by atoms with van der Waals surface area (Å²) < 4.78 is 43.9.